The van der Waals surface area contributed by atoms with Crippen molar-refractivity contribution in [3.63, 3.8) is 0 Å². The third kappa shape index (κ3) is 4.15. The monoisotopic (exact) mass is 352 g/mol. The zero-order valence-electron chi connectivity index (χ0n) is 13.9. The average molecular weight is 352 g/mol. The summed E-state index contributed by atoms with van der Waals surface area (Å²) in [7, 11) is -3.25. The molecule has 1 atom stereocenters. The summed E-state index contributed by atoms with van der Waals surface area (Å²) in [6.45, 7) is 5.44. The molecule has 1 saturated heterocycles. The molecule has 2 aliphatic rings. The van der Waals surface area contributed by atoms with Crippen LogP contribution in [0.1, 0.15) is 6.92 Å². The molecule has 0 saturated carbocycles. The van der Waals surface area contributed by atoms with Gasteiger partial charge >= 0.3 is 0 Å². The Bertz CT molecular complexity index is 670. The van der Waals surface area contributed by atoms with Crippen molar-refractivity contribution in [2.75, 3.05) is 49.9 Å². The number of sulfonamides is 1. The molecule has 3 heterocycles. The molecule has 0 bridgehead atoms. The molecule has 0 amide bonds. The number of rotatable bonds is 5. The summed E-state index contributed by atoms with van der Waals surface area (Å²) < 4.78 is 26.5. The van der Waals surface area contributed by atoms with Gasteiger partial charge in [0.2, 0.25) is 10.0 Å². The second kappa shape index (κ2) is 7.35. The molecule has 2 aliphatic heterocycles. The number of pyridine rings is 1. The highest BCUT2D eigenvalue weighted by Gasteiger charge is 2.27. The summed E-state index contributed by atoms with van der Waals surface area (Å²) in [5, 5.41) is 6.21. The van der Waals surface area contributed by atoms with E-state index >= 15 is 0 Å². The van der Waals surface area contributed by atoms with E-state index in [9.17, 15) is 8.42 Å². The molecule has 1 aromatic rings. The van der Waals surface area contributed by atoms with Gasteiger partial charge in [-0.15, -0.1) is 0 Å². The zero-order valence-corrected chi connectivity index (χ0v) is 14.7. The Balaban J connectivity index is 1.46. The first-order valence-electron chi connectivity index (χ1n) is 8.23. The van der Waals surface area contributed by atoms with Crippen LogP contribution in [0.5, 0.6) is 0 Å². The Morgan fingerprint density at radius 2 is 2.08 bits per heavy atom. The van der Waals surface area contributed by atoms with E-state index in [-0.39, 0.29) is 5.75 Å². The molecule has 9 heteroatoms. The van der Waals surface area contributed by atoms with Crippen molar-refractivity contribution in [1.29, 1.82) is 0 Å². The molecule has 24 heavy (non-hydrogen) atoms. The van der Waals surface area contributed by atoms with Crippen molar-refractivity contribution < 1.29 is 8.42 Å². The van der Waals surface area contributed by atoms with Crippen LogP contribution in [-0.4, -0.2) is 74.7 Å². The minimum atomic E-state index is -3.25. The second-order valence-corrected chi connectivity index (χ2v) is 8.14. The molecule has 1 aromatic heterocycles. The lowest BCUT2D eigenvalue weighted by molar-refractivity contribution is 0.384. The van der Waals surface area contributed by atoms with E-state index < -0.39 is 10.0 Å². The molecular weight excluding hydrogens is 328 g/mol. The van der Waals surface area contributed by atoms with E-state index in [1.807, 2.05) is 25.1 Å². The number of hydrogen-bond acceptors (Lipinski definition) is 7. The van der Waals surface area contributed by atoms with Crippen LogP contribution in [0.15, 0.2) is 29.4 Å². The third-order valence-electron chi connectivity index (χ3n) is 4.16. The Labute approximate surface area is 143 Å². The van der Waals surface area contributed by atoms with Crippen molar-refractivity contribution in [3.8, 4) is 0 Å². The Kier molecular flexibility index (Phi) is 5.20. The van der Waals surface area contributed by atoms with Crippen LogP contribution in [0, 0.1) is 0 Å². The predicted octanol–water partition coefficient (Wildman–Crippen LogP) is -0.529. The topological polar surface area (TPSA) is 89.9 Å². The van der Waals surface area contributed by atoms with Crippen molar-refractivity contribution in [3.05, 3.63) is 24.4 Å². The quantitative estimate of drug-likeness (QED) is 0.741. The summed E-state index contributed by atoms with van der Waals surface area (Å²) in [5.74, 6) is 1.67. The van der Waals surface area contributed by atoms with Gasteiger partial charge in [-0.1, -0.05) is 6.07 Å². The summed E-state index contributed by atoms with van der Waals surface area (Å²) in [6.07, 6.45) is 1.75. The highest BCUT2D eigenvalue weighted by Crippen LogP contribution is 2.14. The maximum absolute atomic E-state index is 12.5. The van der Waals surface area contributed by atoms with Gasteiger partial charge in [0.1, 0.15) is 5.82 Å². The molecule has 132 valence electrons. The van der Waals surface area contributed by atoms with Gasteiger partial charge in [0.15, 0.2) is 5.96 Å². The number of anilines is 1. The number of hydrogen-bond donors (Lipinski definition) is 2. The van der Waals surface area contributed by atoms with Crippen LogP contribution in [0.25, 0.3) is 0 Å². The predicted molar refractivity (Wildman–Crippen MR) is 94.7 cm³/mol. The van der Waals surface area contributed by atoms with Crippen LogP contribution >= 0.6 is 0 Å². The van der Waals surface area contributed by atoms with Crippen LogP contribution in [0.4, 0.5) is 5.82 Å². The van der Waals surface area contributed by atoms with E-state index in [4.69, 9.17) is 0 Å². The normalized spacial score (nSPS) is 22.1. The minimum Gasteiger partial charge on any atom is -0.355 e. The van der Waals surface area contributed by atoms with Gasteiger partial charge in [-0.3, -0.25) is 4.99 Å². The molecule has 0 radical (unpaired) electrons. The smallest absolute Gasteiger partial charge is 0.215 e. The van der Waals surface area contributed by atoms with Gasteiger partial charge in [-0.25, -0.2) is 13.4 Å². The standard InChI is InChI=1S/C15H24N6O2S/c1-13-12-18-15(19-13)17-6-11-24(22,23)21-9-7-20(8-10-21)14-4-2-3-5-16-14/h2-5,13H,6-12H2,1H3,(H2,17,18,19). The fraction of sp³-hybridized carbons (Fsp3) is 0.600. The van der Waals surface area contributed by atoms with Gasteiger partial charge in [-0.05, 0) is 19.1 Å². The van der Waals surface area contributed by atoms with E-state index in [0.717, 1.165) is 12.4 Å². The number of nitrogens with one attached hydrogen (secondary N) is 2. The number of piperazine rings is 1. The first kappa shape index (κ1) is 17.0. The van der Waals surface area contributed by atoms with Crippen molar-refractivity contribution in [2.24, 2.45) is 4.99 Å². The van der Waals surface area contributed by atoms with Gasteiger partial charge in [0.05, 0.1) is 12.3 Å². The molecule has 1 fully saturated rings. The van der Waals surface area contributed by atoms with Crippen molar-refractivity contribution in [1.82, 2.24) is 19.9 Å². The number of nitrogens with zero attached hydrogens (tertiary/aromatic N) is 4. The average Bonchev–Trinajstić information content (AvgIpc) is 3.01. The van der Waals surface area contributed by atoms with Gasteiger partial charge < -0.3 is 15.5 Å². The van der Waals surface area contributed by atoms with Crippen LogP contribution in [0.3, 0.4) is 0 Å². The molecule has 8 nitrogen and oxygen atoms in total. The summed E-state index contributed by atoms with van der Waals surface area (Å²) in [5.41, 5.74) is 0. The lowest BCUT2D eigenvalue weighted by Crippen LogP contribution is -2.50. The van der Waals surface area contributed by atoms with Crippen molar-refractivity contribution in [2.45, 2.75) is 13.0 Å². The molecule has 2 N–H and O–H groups in total. The molecular formula is C15H24N6O2S. The maximum Gasteiger partial charge on any atom is 0.215 e. The molecule has 0 aliphatic carbocycles. The van der Waals surface area contributed by atoms with Crippen LogP contribution in [0.2, 0.25) is 0 Å². The lowest BCUT2D eigenvalue weighted by Gasteiger charge is -2.34. The molecule has 0 spiro atoms. The summed E-state index contributed by atoms with van der Waals surface area (Å²) in [6, 6.07) is 6.08. The Morgan fingerprint density at radius 1 is 1.29 bits per heavy atom. The molecule has 0 aromatic carbocycles. The molecule has 1 unspecified atom stereocenters. The first-order chi connectivity index (χ1) is 11.5. The lowest BCUT2D eigenvalue weighted by atomic mass is 10.3. The summed E-state index contributed by atoms with van der Waals surface area (Å²) in [4.78, 5) is 10.7. The van der Waals surface area contributed by atoms with Crippen LogP contribution < -0.4 is 15.5 Å². The van der Waals surface area contributed by atoms with Gasteiger partial charge in [-0.2, -0.15) is 4.31 Å². The summed E-state index contributed by atoms with van der Waals surface area (Å²) >= 11 is 0. The third-order valence-corrected chi connectivity index (χ3v) is 6.04. The van der Waals surface area contributed by atoms with E-state index in [1.165, 1.54) is 0 Å². The second-order valence-electron chi connectivity index (χ2n) is 6.05. The maximum atomic E-state index is 12.5. The fourth-order valence-electron chi connectivity index (χ4n) is 2.82. The number of aliphatic imine (C=N–C) groups is 1. The van der Waals surface area contributed by atoms with E-state index in [0.29, 0.717) is 44.7 Å². The van der Waals surface area contributed by atoms with Gasteiger partial charge in [0.25, 0.3) is 0 Å². The Hall–Kier alpha value is -1.87. The fourth-order valence-corrected chi connectivity index (χ4v) is 4.16. The number of guanidine groups is 1. The van der Waals surface area contributed by atoms with E-state index in [1.54, 1.807) is 10.5 Å². The number of aromatic nitrogens is 1. The largest absolute Gasteiger partial charge is 0.355 e. The SMILES string of the molecule is CC1CN=C(NCCS(=O)(=O)N2CCN(c3ccccn3)CC2)N1. The minimum absolute atomic E-state index is 0.0751. The Morgan fingerprint density at radius 3 is 2.71 bits per heavy atom. The zero-order chi connectivity index (χ0) is 17.0. The first-order valence-corrected chi connectivity index (χ1v) is 9.84. The van der Waals surface area contributed by atoms with Gasteiger partial charge in [0, 0.05) is 45.0 Å². The highest BCUT2D eigenvalue weighted by atomic mass is 32.2. The van der Waals surface area contributed by atoms with Crippen LogP contribution in [-0.2, 0) is 10.0 Å². The van der Waals surface area contributed by atoms with E-state index in [2.05, 4.69) is 25.5 Å². The molecule has 3 rings (SSSR count). The van der Waals surface area contributed by atoms with Crippen molar-refractivity contribution >= 4 is 21.8 Å². The highest BCUT2D eigenvalue weighted by molar-refractivity contribution is 7.89.